The third-order valence-electron chi connectivity index (χ3n) is 2.93. The summed E-state index contributed by atoms with van der Waals surface area (Å²) in [6, 6.07) is 0. The highest BCUT2D eigenvalue weighted by Gasteiger charge is 2.23. The molecule has 0 aromatic carbocycles. The smallest absolute Gasteiger partial charge is 0.303 e. The standard InChI is InChI=1S/C11H21NO3/c1-9-10(5-7-15-9)8-12-6-3-2-4-11(13)14/h9-10,12H,2-8H2,1H3,(H,13,14). The van der Waals surface area contributed by atoms with Crippen molar-refractivity contribution < 1.29 is 14.6 Å². The van der Waals surface area contributed by atoms with Gasteiger partial charge in [-0.25, -0.2) is 0 Å². The van der Waals surface area contributed by atoms with Crippen LogP contribution >= 0.6 is 0 Å². The lowest BCUT2D eigenvalue weighted by molar-refractivity contribution is -0.137. The Labute approximate surface area is 91.0 Å². The summed E-state index contributed by atoms with van der Waals surface area (Å²) in [5.74, 6) is -0.0720. The molecule has 0 aliphatic carbocycles. The van der Waals surface area contributed by atoms with Crippen LogP contribution in [0.3, 0.4) is 0 Å². The molecule has 0 aromatic rings. The first-order valence-corrected chi connectivity index (χ1v) is 5.74. The van der Waals surface area contributed by atoms with Gasteiger partial charge < -0.3 is 15.2 Å². The number of hydrogen-bond acceptors (Lipinski definition) is 3. The fraction of sp³-hybridized carbons (Fsp3) is 0.909. The summed E-state index contributed by atoms with van der Waals surface area (Å²) in [5.41, 5.74) is 0. The summed E-state index contributed by atoms with van der Waals surface area (Å²) in [6.07, 6.45) is 3.50. The molecule has 0 aromatic heterocycles. The average molecular weight is 215 g/mol. The van der Waals surface area contributed by atoms with Crippen molar-refractivity contribution in [3.63, 3.8) is 0 Å². The molecule has 4 nitrogen and oxygen atoms in total. The molecule has 2 unspecified atom stereocenters. The van der Waals surface area contributed by atoms with Crippen molar-refractivity contribution in [1.82, 2.24) is 5.32 Å². The molecule has 2 atom stereocenters. The quantitative estimate of drug-likeness (QED) is 0.628. The van der Waals surface area contributed by atoms with Crippen LogP contribution in [0.15, 0.2) is 0 Å². The van der Waals surface area contributed by atoms with Crippen LogP contribution in [0.1, 0.15) is 32.6 Å². The minimum absolute atomic E-state index is 0.282. The summed E-state index contributed by atoms with van der Waals surface area (Å²) in [4.78, 5) is 10.2. The zero-order chi connectivity index (χ0) is 11.1. The zero-order valence-electron chi connectivity index (χ0n) is 9.37. The van der Waals surface area contributed by atoms with Gasteiger partial charge in [0.05, 0.1) is 6.10 Å². The Morgan fingerprint density at radius 1 is 1.53 bits per heavy atom. The number of rotatable bonds is 7. The van der Waals surface area contributed by atoms with Crippen LogP contribution in [0.5, 0.6) is 0 Å². The summed E-state index contributed by atoms with van der Waals surface area (Å²) in [7, 11) is 0. The SMILES string of the molecule is CC1OCCC1CNCCCCC(=O)O. The topological polar surface area (TPSA) is 58.6 Å². The van der Waals surface area contributed by atoms with Crippen LogP contribution < -0.4 is 5.32 Å². The largest absolute Gasteiger partial charge is 0.481 e. The van der Waals surface area contributed by atoms with Crippen LogP contribution in [0.25, 0.3) is 0 Å². The predicted molar refractivity (Wildman–Crippen MR) is 57.9 cm³/mol. The van der Waals surface area contributed by atoms with Gasteiger partial charge in [-0.3, -0.25) is 4.79 Å². The Kier molecular flexibility index (Phi) is 5.65. The fourth-order valence-electron chi connectivity index (χ4n) is 1.86. The van der Waals surface area contributed by atoms with Gasteiger partial charge >= 0.3 is 5.97 Å². The average Bonchev–Trinajstić information content (AvgIpc) is 2.57. The maximum atomic E-state index is 10.2. The molecule has 1 rings (SSSR count). The van der Waals surface area contributed by atoms with Crippen molar-refractivity contribution in [2.45, 2.75) is 38.7 Å². The van der Waals surface area contributed by atoms with Gasteiger partial charge in [-0.15, -0.1) is 0 Å². The molecule has 2 N–H and O–H groups in total. The second-order valence-corrected chi connectivity index (χ2v) is 4.18. The lowest BCUT2D eigenvalue weighted by Gasteiger charge is -2.14. The summed E-state index contributed by atoms with van der Waals surface area (Å²) < 4.78 is 5.46. The molecule has 15 heavy (non-hydrogen) atoms. The van der Waals surface area contributed by atoms with Gasteiger partial charge in [0.2, 0.25) is 0 Å². The Morgan fingerprint density at radius 3 is 2.93 bits per heavy atom. The van der Waals surface area contributed by atoms with E-state index in [9.17, 15) is 4.79 Å². The number of nitrogens with one attached hydrogen (secondary N) is 1. The lowest BCUT2D eigenvalue weighted by atomic mass is 10.0. The van der Waals surface area contributed by atoms with Crippen molar-refractivity contribution in [2.24, 2.45) is 5.92 Å². The molecule has 0 radical (unpaired) electrons. The van der Waals surface area contributed by atoms with E-state index in [4.69, 9.17) is 9.84 Å². The van der Waals surface area contributed by atoms with Crippen molar-refractivity contribution in [1.29, 1.82) is 0 Å². The van der Waals surface area contributed by atoms with Gasteiger partial charge in [-0.1, -0.05) is 0 Å². The van der Waals surface area contributed by atoms with Crippen LogP contribution in [0.4, 0.5) is 0 Å². The summed E-state index contributed by atoms with van der Waals surface area (Å²) in [6.45, 7) is 4.90. The number of carbonyl (C=O) groups is 1. The van der Waals surface area contributed by atoms with E-state index >= 15 is 0 Å². The minimum Gasteiger partial charge on any atom is -0.481 e. The first-order valence-electron chi connectivity index (χ1n) is 5.74. The first-order chi connectivity index (χ1) is 7.20. The second-order valence-electron chi connectivity index (χ2n) is 4.18. The van der Waals surface area contributed by atoms with Crippen molar-refractivity contribution in [2.75, 3.05) is 19.7 Å². The molecule has 0 spiro atoms. The maximum Gasteiger partial charge on any atom is 0.303 e. The number of unbranched alkanes of at least 4 members (excludes halogenated alkanes) is 1. The molecule has 0 saturated carbocycles. The van der Waals surface area contributed by atoms with Crippen LogP contribution in [0, 0.1) is 5.92 Å². The van der Waals surface area contributed by atoms with Crippen LogP contribution in [-0.2, 0) is 9.53 Å². The third kappa shape index (κ3) is 5.14. The van der Waals surface area contributed by atoms with Crippen molar-refractivity contribution in [3.8, 4) is 0 Å². The van der Waals surface area contributed by atoms with E-state index in [1.54, 1.807) is 0 Å². The van der Waals surface area contributed by atoms with E-state index in [1.807, 2.05) is 0 Å². The Bertz CT molecular complexity index is 196. The molecular formula is C11H21NO3. The third-order valence-corrected chi connectivity index (χ3v) is 2.93. The number of carboxylic acid groups (broad SMARTS) is 1. The first kappa shape index (κ1) is 12.5. The minimum atomic E-state index is -0.701. The number of hydrogen-bond donors (Lipinski definition) is 2. The Balaban J connectivity index is 1.90. The van der Waals surface area contributed by atoms with E-state index in [2.05, 4.69) is 12.2 Å². The van der Waals surface area contributed by atoms with Gasteiger partial charge in [0.25, 0.3) is 0 Å². The second kappa shape index (κ2) is 6.80. The molecule has 1 fully saturated rings. The van der Waals surface area contributed by atoms with E-state index < -0.39 is 5.97 Å². The predicted octanol–water partition coefficient (Wildman–Crippen LogP) is 1.26. The number of ether oxygens (including phenoxy) is 1. The normalized spacial score (nSPS) is 25.7. The van der Waals surface area contributed by atoms with E-state index in [0.29, 0.717) is 12.0 Å². The van der Waals surface area contributed by atoms with Crippen molar-refractivity contribution >= 4 is 5.97 Å². The molecule has 1 aliphatic rings. The number of aliphatic carboxylic acids is 1. The molecule has 0 amide bonds. The highest BCUT2D eigenvalue weighted by Crippen LogP contribution is 2.19. The van der Waals surface area contributed by atoms with E-state index in [0.717, 1.165) is 39.0 Å². The van der Waals surface area contributed by atoms with Gasteiger partial charge in [0.15, 0.2) is 0 Å². The molecule has 88 valence electrons. The molecular weight excluding hydrogens is 194 g/mol. The van der Waals surface area contributed by atoms with Gasteiger partial charge in [-0.05, 0) is 38.6 Å². The number of carboxylic acids is 1. The zero-order valence-corrected chi connectivity index (χ0v) is 9.37. The highest BCUT2D eigenvalue weighted by molar-refractivity contribution is 5.66. The van der Waals surface area contributed by atoms with Gasteiger partial charge in [-0.2, -0.15) is 0 Å². The van der Waals surface area contributed by atoms with Crippen molar-refractivity contribution in [3.05, 3.63) is 0 Å². The highest BCUT2D eigenvalue weighted by atomic mass is 16.5. The molecule has 0 bridgehead atoms. The Morgan fingerprint density at radius 2 is 2.33 bits per heavy atom. The molecule has 1 aliphatic heterocycles. The fourth-order valence-corrected chi connectivity index (χ4v) is 1.86. The van der Waals surface area contributed by atoms with Gasteiger partial charge in [0, 0.05) is 19.6 Å². The van der Waals surface area contributed by atoms with Crippen LogP contribution in [-0.4, -0.2) is 36.9 Å². The summed E-state index contributed by atoms with van der Waals surface area (Å²) in [5, 5.41) is 11.8. The van der Waals surface area contributed by atoms with Gasteiger partial charge in [0.1, 0.15) is 0 Å². The molecule has 4 heteroatoms. The summed E-state index contributed by atoms with van der Waals surface area (Å²) >= 11 is 0. The molecule has 1 heterocycles. The van der Waals surface area contributed by atoms with Crippen LogP contribution in [0.2, 0.25) is 0 Å². The Hall–Kier alpha value is -0.610. The lowest BCUT2D eigenvalue weighted by Crippen LogP contribution is -2.27. The monoisotopic (exact) mass is 215 g/mol. The molecule has 1 saturated heterocycles. The van der Waals surface area contributed by atoms with E-state index in [-0.39, 0.29) is 6.42 Å². The maximum absolute atomic E-state index is 10.2. The van der Waals surface area contributed by atoms with E-state index in [1.165, 1.54) is 0 Å².